The standard InChI is InChI=1S/C17H22ClN5O2/c1-23(2)10-4-8-19-15-7-9-20-17(22-15)21-14-11-12(16(24)25-3)5-6-13(14)18/h5-7,9,11H,4,8,10H2,1-3H3,(H2,19,20,21,22). The number of hydrogen-bond acceptors (Lipinski definition) is 7. The molecule has 1 aromatic carbocycles. The van der Waals surface area contributed by atoms with E-state index >= 15 is 0 Å². The average Bonchev–Trinajstić information content (AvgIpc) is 2.60. The van der Waals surface area contributed by atoms with Gasteiger partial charge < -0.3 is 20.3 Å². The number of nitrogens with one attached hydrogen (secondary N) is 2. The second kappa shape index (κ2) is 9.19. The van der Waals surface area contributed by atoms with Crippen LogP contribution in [0.3, 0.4) is 0 Å². The topological polar surface area (TPSA) is 79.4 Å². The Morgan fingerprint density at radius 1 is 1.32 bits per heavy atom. The van der Waals surface area contributed by atoms with Crippen molar-refractivity contribution >= 4 is 35.0 Å². The van der Waals surface area contributed by atoms with Crippen molar-refractivity contribution in [1.29, 1.82) is 0 Å². The van der Waals surface area contributed by atoms with Gasteiger partial charge in [0.25, 0.3) is 0 Å². The Balaban J connectivity index is 2.05. The SMILES string of the molecule is COC(=O)c1ccc(Cl)c(Nc2nccc(NCCCN(C)C)n2)c1. The van der Waals surface area contributed by atoms with Gasteiger partial charge >= 0.3 is 5.97 Å². The zero-order chi connectivity index (χ0) is 18.2. The summed E-state index contributed by atoms with van der Waals surface area (Å²) in [5.74, 6) is 0.676. The van der Waals surface area contributed by atoms with Crippen LogP contribution in [0.15, 0.2) is 30.5 Å². The molecule has 2 N–H and O–H groups in total. The maximum atomic E-state index is 11.6. The predicted molar refractivity (Wildman–Crippen MR) is 99.8 cm³/mol. The highest BCUT2D eigenvalue weighted by Crippen LogP contribution is 2.26. The number of benzene rings is 1. The molecule has 0 fully saturated rings. The van der Waals surface area contributed by atoms with Gasteiger partial charge in [0, 0.05) is 12.7 Å². The molecule has 7 nitrogen and oxygen atoms in total. The van der Waals surface area contributed by atoms with Crippen LogP contribution in [0.5, 0.6) is 0 Å². The van der Waals surface area contributed by atoms with Crippen molar-refractivity contribution in [1.82, 2.24) is 14.9 Å². The van der Waals surface area contributed by atoms with Crippen LogP contribution < -0.4 is 10.6 Å². The quantitative estimate of drug-likeness (QED) is 0.551. The van der Waals surface area contributed by atoms with E-state index < -0.39 is 5.97 Å². The van der Waals surface area contributed by atoms with Crippen molar-refractivity contribution in [2.75, 3.05) is 44.9 Å². The average molecular weight is 364 g/mol. The van der Waals surface area contributed by atoms with Crippen LogP contribution in [-0.4, -0.2) is 55.1 Å². The van der Waals surface area contributed by atoms with Crippen molar-refractivity contribution in [3.8, 4) is 0 Å². The van der Waals surface area contributed by atoms with Crippen molar-refractivity contribution in [3.63, 3.8) is 0 Å². The van der Waals surface area contributed by atoms with E-state index in [1.165, 1.54) is 7.11 Å². The van der Waals surface area contributed by atoms with E-state index in [-0.39, 0.29) is 0 Å². The molecule has 1 heterocycles. The van der Waals surface area contributed by atoms with Gasteiger partial charge in [-0.15, -0.1) is 0 Å². The first-order valence-electron chi connectivity index (χ1n) is 7.86. The fraction of sp³-hybridized carbons (Fsp3) is 0.353. The maximum absolute atomic E-state index is 11.6. The Hall–Kier alpha value is -2.38. The van der Waals surface area contributed by atoms with Gasteiger partial charge in [-0.25, -0.2) is 9.78 Å². The first-order chi connectivity index (χ1) is 12.0. The van der Waals surface area contributed by atoms with Gasteiger partial charge in [0.1, 0.15) is 5.82 Å². The molecule has 0 spiro atoms. The second-order valence-electron chi connectivity index (χ2n) is 5.66. The molecule has 25 heavy (non-hydrogen) atoms. The molecular formula is C17H22ClN5O2. The molecule has 2 rings (SSSR count). The molecular weight excluding hydrogens is 342 g/mol. The minimum atomic E-state index is -0.433. The van der Waals surface area contributed by atoms with Gasteiger partial charge in [0.15, 0.2) is 0 Å². The second-order valence-corrected chi connectivity index (χ2v) is 6.07. The Morgan fingerprint density at radius 3 is 2.84 bits per heavy atom. The van der Waals surface area contributed by atoms with Gasteiger partial charge in [-0.2, -0.15) is 4.98 Å². The summed E-state index contributed by atoms with van der Waals surface area (Å²) in [7, 11) is 5.41. The number of nitrogens with zero attached hydrogens (tertiary/aromatic N) is 3. The molecule has 0 amide bonds. The third-order valence-electron chi connectivity index (χ3n) is 3.38. The van der Waals surface area contributed by atoms with Gasteiger partial charge in [-0.3, -0.25) is 0 Å². The Bertz CT molecular complexity index is 724. The van der Waals surface area contributed by atoms with Crippen LogP contribution in [0.25, 0.3) is 0 Å². The lowest BCUT2D eigenvalue weighted by molar-refractivity contribution is 0.0601. The lowest BCUT2D eigenvalue weighted by Crippen LogP contribution is -2.16. The lowest BCUT2D eigenvalue weighted by Gasteiger charge is -2.12. The maximum Gasteiger partial charge on any atom is 0.337 e. The third-order valence-corrected chi connectivity index (χ3v) is 3.71. The Kier molecular flexibility index (Phi) is 6.97. The summed E-state index contributed by atoms with van der Waals surface area (Å²) in [5, 5.41) is 6.74. The monoisotopic (exact) mass is 363 g/mol. The summed E-state index contributed by atoms with van der Waals surface area (Å²) in [6.45, 7) is 1.81. The molecule has 0 radical (unpaired) electrons. The van der Waals surface area contributed by atoms with Crippen LogP contribution in [0.2, 0.25) is 5.02 Å². The van der Waals surface area contributed by atoms with Gasteiger partial charge in [0.2, 0.25) is 5.95 Å². The van der Waals surface area contributed by atoms with Crippen LogP contribution in [0.1, 0.15) is 16.8 Å². The molecule has 2 aromatic rings. The number of hydrogen-bond donors (Lipinski definition) is 2. The van der Waals surface area contributed by atoms with Crippen LogP contribution in [-0.2, 0) is 4.74 Å². The molecule has 0 aliphatic heterocycles. The van der Waals surface area contributed by atoms with Gasteiger partial charge in [-0.1, -0.05) is 11.6 Å². The van der Waals surface area contributed by atoms with E-state index in [2.05, 4.69) is 25.5 Å². The molecule has 8 heteroatoms. The molecule has 0 aliphatic carbocycles. The molecule has 0 atom stereocenters. The molecule has 1 aromatic heterocycles. The number of ether oxygens (including phenoxy) is 1. The van der Waals surface area contributed by atoms with E-state index in [0.29, 0.717) is 22.2 Å². The van der Waals surface area contributed by atoms with Gasteiger partial charge in [-0.05, 0) is 51.3 Å². The summed E-state index contributed by atoms with van der Waals surface area (Å²) in [6.07, 6.45) is 2.66. The summed E-state index contributed by atoms with van der Waals surface area (Å²) in [6, 6.07) is 6.63. The fourth-order valence-corrected chi connectivity index (χ4v) is 2.28. The molecule has 0 unspecified atom stereocenters. The number of rotatable bonds is 8. The zero-order valence-electron chi connectivity index (χ0n) is 14.5. The lowest BCUT2D eigenvalue weighted by atomic mass is 10.2. The Morgan fingerprint density at radius 2 is 2.12 bits per heavy atom. The highest BCUT2D eigenvalue weighted by Gasteiger charge is 2.10. The fourth-order valence-electron chi connectivity index (χ4n) is 2.12. The first kappa shape index (κ1) is 19.0. The highest BCUT2D eigenvalue weighted by atomic mass is 35.5. The normalized spacial score (nSPS) is 10.6. The van der Waals surface area contributed by atoms with Crippen LogP contribution >= 0.6 is 11.6 Å². The van der Waals surface area contributed by atoms with E-state index in [4.69, 9.17) is 16.3 Å². The number of halogens is 1. The molecule has 0 saturated carbocycles. The molecule has 0 aliphatic rings. The van der Waals surface area contributed by atoms with Crippen molar-refractivity contribution in [3.05, 3.63) is 41.0 Å². The minimum absolute atomic E-state index is 0.390. The predicted octanol–water partition coefficient (Wildman–Crippen LogP) is 3.02. The summed E-state index contributed by atoms with van der Waals surface area (Å²) in [5.41, 5.74) is 0.932. The first-order valence-corrected chi connectivity index (χ1v) is 8.24. The van der Waals surface area contributed by atoms with Crippen LogP contribution in [0, 0.1) is 0 Å². The van der Waals surface area contributed by atoms with Crippen molar-refractivity contribution in [2.45, 2.75) is 6.42 Å². The Labute approximate surface area is 152 Å². The minimum Gasteiger partial charge on any atom is -0.465 e. The van der Waals surface area contributed by atoms with Crippen molar-refractivity contribution < 1.29 is 9.53 Å². The van der Waals surface area contributed by atoms with Crippen LogP contribution in [0.4, 0.5) is 17.5 Å². The smallest absolute Gasteiger partial charge is 0.337 e. The van der Waals surface area contributed by atoms with E-state index in [1.54, 1.807) is 30.5 Å². The molecule has 0 saturated heterocycles. The molecule has 0 bridgehead atoms. The van der Waals surface area contributed by atoms with Crippen molar-refractivity contribution in [2.24, 2.45) is 0 Å². The summed E-state index contributed by atoms with van der Waals surface area (Å²) >= 11 is 6.18. The number of esters is 1. The number of aromatic nitrogens is 2. The number of anilines is 3. The number of methoxy groups -OCH3 is 1. The van der Waals surface area contributed by atoms with E-state index in [0.717, 1.165) is 25.3 Å². The van der Waals surface area contributed by atoms with E-state index in [1.807, 2.05) is 14.1 Å². The summed E-state index contributed by atoms with van der Waals surface area (Å²) in [4.78, 5) is 22.4. The highest BCUT2D eigenvalue weighted by molar-refractivity contribution is 6.33. The molecule has 134 valence electrons. The largest absolute Gasteiger partial charge is 0.465 e. The van der Waals surface area contributed by atoms with E-state index in [9.17, 15) is 4.79 Å². The number of carbonyl (C=O) groups excluding carboxylic acids is 1. The zero-order valence-corrected chi connectivity index (χ0v) is 15.3. The number of carbonyl (C=O) groups is 1. The third kappa shape index (κ3) is 5.88. The van der Waals surface area contributed by atoms with Gasteiger partial charge in [0.05, 0.1) is 23.4 Å². The summed E-state index contributed by atoms with van der Waals surface area (Å²) < 4.78 is 4.72.